The fourth-order valence-electron chi connectivity index (χ4n) is 2.86. The first-order valence-electron chi connectivity index (χ1n) is 9.57. The van der Waals surface area contributed by atoms with Crippen molar-refractivity contribution >= 4 is 11.9 Å². The third-order valence-electron chi connectivity index (χ3n) is 4.77. The van der Waals surface area contributed by atoms with Gasteiger partial charge in [0.05, 0.1) is 18.1 Å². The number of aryl methyl sites for hydroxylation is 1. The molecule has 0 spiro atoms. The van der Waals surface area contributed by atoms with Crippen LogP contribution >= 0.6 is 0 Å². The molecule has 1 aliphatic rings. The number of aromatic hydroxyl groups is 2. The van der Waals surface area contributed by atoms with Gasteiger partial charge in [-0.15, -0.1) is 0 Å². The number of hydrogen-bond acceptors (Lipinski definition) is 8. The number of aliphatic hydroxyl groups is 1. The van der Waals surface area contributed by atoms with Crippen LogP contribution in [0.5, 0.6) is 11.5 Å². The Morgan fingerprint density at radius 3 is 2.66 bits per heavy atom. The highest BCUT2D eigenvalue weighted by molar-refractivity contribution is 5.92. The van der Waals surface area contributed by atoms with Crippen LogP contribution in [-0.2, 0) is 14.3 Å². The first-order chi connectivity index (χ1) is 13.6. The normalized spacial score (nSPS) is 17.7. The van der Waals surface area contributed by atoms with Crippen LogP contribution in [0.25, 0.3) is 0 Å². The Kier molecular flexibility index (Phi) is 7.83. The number of phenolic OH excluding ortho intramolecular Hbond substituents is 2. The van der Waals surface area contributed by atoms with Gasteiger partial charge in [-0.2, -0.15) is 0 Å². The quantitative estimate of drug-likeness (QED) is 0.292. The van der Waals surface area contributed by atoms with Crippen LogP contribution in [0.4, 0.5) is 0 Å². The van der Waals surface area contributed by atoms with Crippen LogP contribution < -0.4 is 10.6 Å². The van der Waals surface area contributed by atoms with Gasteiger partial charge in [-0.1, -0.05) is 0 Å². The summed E-state index contributed by atoms with van der Waals surface area (Å²) < 4.78 is 10.3. The van der Waals surface area contributed by atoms with E-state index in [2.05, 4.69) is 10.6 Å². The predicted octanol–water partition coefficient (Wildman–Crippen LogP) is 0.445. The van der Waals surface area contributed by atoms with Crippen LogP contribution in [-0.4, -0.2) is 71.7 Å². The SMILES string of the molecule is Cc1cc(O)c(O)cc1C(=O)OCC(O)CNC(C)(C)CNC(=O)C1CCOC1. The summed E-state index contributed by atoms with van der Waals surface area (Å²) in [5, 5.41) is 35.1. The van der Waals surface area contributed by atoms with E-state index in [1.54, 1.807) is 6.92 Å². The molecule has 1 fully saturated rings. The summed E-state index contributed by atoms with van der Waals surface area (Å²) in [7, 11) is 0. The minimum Gasteiger partial charge on any atom is -0.504 e. The molecular weight excluding hydrogens is 380 g/mol. The van der Waals surface area contributed by atoms with E-state index in [1.165, 1.54) is 6.07 Å². The van der Waals surface area contributed by atoms with Gasteiger partial charge < -0.3 is 35.4 Å². The number of ether oxygens (including phenoxy) is 2. The van der Waals surface area contributed by atoms with Gasteiger partial charge >= 0.3 is 5.97 Å². The molecule has 0 saturated carbocycles. The lowest BCUT2D eigenvalue weighted by molar-refractivity contribution is -0.125. The van der Waals surface area contributed by atoms with Gasteiger partial charge in [0.15, 0.2) is 11.5 Å². The van der Waals surface area contributed by atoms with E-state index in [0.717, 1.165) is 12.5 Å². The summed E-state index contributed by atoms with van der Waals surface area (Å²) in [6.07, 6.45) is -0.231. The topological polar surface area (TPSA) is 137 Å². The second-order valence-corrected chi connectivity index (χ2v) is 7.95. The summed E-state index contributed by atoms with van der Waals surface area (Å²) in [6.45, 7) is 6.72. The molecule has 2 rings (SSSR count). The Labute approximate surface area is 170 Å². The summed E-state index contributed by atoms with van der Waals surface area (Å²) >= 11 is 0. The van der Waals surface area contributed by atoms with Gasteiger partial charge in [-0.3, -0.25) is 4.79 Å². The predicted molar refractivity (Wildman–Crippen MR) is 105 cm³/mol. The highest BCUT2D eigenvalue weighted by Crippen LogP contribution is 2.28. The molecule has 1 aliphatic heterocycles. The highest BCUT2D eigenvalue weighted by Gasteiger charge is 2.26. The number of esters is 1. The van der Waals surface area contributed by atoms with Gasteiger partial charge in [0.25, 0.3) is 0 Å². The second kappa shape index (κ2) is 9.91. The summed E-state index contributed by atoms with van der Waals surface area (Å²) in [6, 6.07) is 2.39. The molecule has 162 valence electrons. The van der Waals surface area contributed by atoms with Crippen molar-refractivity contribution < 1.29 is 34.4 Å². The van der Waals surface area contributed by atoms with Gasteiger partial charge in [0.1, 0.15) is 12.7 Å². The number of benzene rings is 1. The van der Waals surface area contributed by atoms with Gasteiger partial charge in [0.2, 0.25) is 5.91 Å². The zero-order valence-electron chi connectivity index (χ0n) is 17.0. The lowest BCUT2D eigenvalue weighted by Gasteiger charge is -2.28. The Balaban J connectivity index is 1.74. The Morgan fingerprint density at radius 2 is 2.00 bits per heavy atom. The zero-order chi connectivity index (χ0) is 21.6. The van der Waals surface area contributed by atoms with Gasteiger partial charge in [-0.05, 0) is 44.9 Å². The summed E-state index contributed by atoms with van der Waals surface area (Å²) in [5.41, 5.74) is 0.0845. The fraction of sp³-hybridized carbons (Fsp3) is 0.600. The molecule has 29 heavy (non-hydrogen) atoms. The zero-order valence-corrected chi connectivity index (χ0v) is 17.0. The van der Waals surface area contributed by atoms with E-state index >= 15 is 0 Å². The van der Waals surface area contributed by atoms with Crippen molar-refractivity contribution in [1.82, 2.24) is 10.6 Å². The van der Waals surface area contributed by atoms with Crippen LogP contribution in [0.1, 0.15) is 36.2 Å². The summed E-state index contributed by atoms with van der Waals surface area (Å²) in [4.78, 5) is 24.2. The van der Waals surface area contributed by atoms with E-state index in [0.29, 0.717) is 25.3 Å². The lowest BCUT2D eigenvalue weighted by atomic mass is 10.0. The second-order valence-electron chi connectivity index (χ2n) is 7.95. The molecule has 1 aromatic carbocycles. The molecule has 0 bridgehead atoms. The van der Waals surface area contributed by atoms with Crippen LogP contribution in [0.15, 0.2) is 12.1 Å². The van der Waals surface area contributed by atoms with Crippen molar-refractivity contribution in [2.75, 3.05) is 32.9 Å². The third kappa shape index (κ3) is 6.88. The maximum absolute atomic E-state index is 12.1. The molecule has 9 nitrogen and oxygen atoms in total. The van der Waals surface area contributed by atoms with Crippen molar-refractivity contribution in [3.63, 3.8) is 0 Å². The van der Waals surface area contributed by atoms with Crippen LogP contribution in [0, 0.1) is 12.8 Å². The van der Waals surface area contributed by atoms with Crippen molar-refractivity contribution in [3.8, 4) is 11.5 Å². The fourth-order valence-corrected chi connectivity index (χ4v) is 2.86. The van der Waals surface area contributed by atoms with E-state index in [9.17, 15) is 24.9 Å². The Hall–Kier alpha value is -2.36. The van der Waals surface area contributed by atoms with Crippen molar-refractivity contribution in [2.45, 2.75) is 38.8 Å². The van der Waals surface area contributed by atoms with E-state index in [1.807, 2.05) is 13.8 Å². The number of nitrogens with one attached hydrogen (secondary N) is 2. The Bertz CT molecular complexity index is 730. The Morgan fingerprint density at radius 1 is 1.31 bits per heavy atom. The maximum Gasteiger partial charge on any atom is 0.338 e. The largest absolute Gasteiger partial charge is 0.504 e. The van der Waals surface area contributed by atoms with Crippen LogP contribution in [0.2, 0.25) is 0 Å². The first kappa shape index (κ1) is 22.9. The molecule has 1 heterocycles. The molecular formula is C20H30N2O7. The molecule has 0 aromatic heterocycles. The van der Waals surface area contributed by atoms with E-state index in [4.69, 9.17) is 9.47 Å². The number of amides is 1. The monoisotopic (exact) mass is 410 g/mol. The standard InChI is InChI=1S/C20H30N2O7/c1-12-6-16(24)17(25)7-15(12)19(27)29-10-14(23)8-22-20(2,3)11-21-18(26)13-4-5-28-9-13/h6-7,13-14,22-25H,4-5,8-11H2,1-3H3,(H,21,26). The summed E-state index contributed by atoms with van der Waals surface area (Å²) in [5.74, 6) is -1.60. The van der Waals surface area contributed by atoms with Crippen molar-refractivity contribution in [2.24, 2.45) is 5.92 Å². The first-order valence-corrected chi connectivity index (χ1v) is 9.57. The molecule has 1 aromatic rings. The maximum atomic E-state index is 12.1. The molecule has 2 atom stereocenters. The minimum atomic E-state index is -0.955. The smallest absolute Gasteiger partial charge is 0.338 e. The number of aliphatic hydroxyl groups excluding tert-OH is 1. The van der Waals surface area contributed by atoms with Gasteiger partial charge in [-0.25, -0.2) is 4.79 Å². The molecule has 1 amide bonds. The van der Waals surface area contributed by atoms with Crippen LogP contribution in [0.3, 0.4) is 0 Å². The number of hydrogen-bond donors (Lipinski definition) is 5. The third-order valence-corrected chi connectivity index (χ3v) is 4.77. The number of carbonyl (C=O) groups is 2. The molecule has 0 aliphatic carbocycles. The van der Waals surface area contributed by atoms with Crippen molar-refractivity contribution in [1.29, 1.82) is 0 Å². The average Bonchev–Trinajstić information content (AvgIpc) is 3.20. The lowest BCUT2D eigenvalue weighted by Crippen LogP contribution is -2.52. The van der Waals surface area contributed by atoms with Crippen molar-refractivity contribution in [3.05, 3.63) is 23.3 Å². The molecule has 9 heteroatoms. The molecule has 1 saturated heterocycles. The number of β-amino-alcohol motifs (C(OH)–C–C–N with tert-alkyl or cyclic N) is 1. The number of carbonyl (C=O) groups excluding carboxylic acids is 2. The van der Waals surface area contributed by atoms with Gasteiger partial charge in [0, 0.05) is 25.2 Å². The molecule has 5 N–H and O–H groups in total. The van der Waals surface area contributed by atoms with E-state index in [-0.39, 0.29) is 36.3 Å². The number of phenols is 2. The average molecular weight is 410 g/mol. The highest BCUT2D eigenvalue weighted by atomic mass is 16.5. The van der Waals surface area contributed by atoms with E-state index < -0.39 is 23.4 Å². The number of rotatable bonds is 9. The molecule has 0 radical (unpaired) electrons. The molecule has 2 unspecified atom stereocenters. The minimum absolute atomic E-state index is 0.0422.